The van der Waals surface area contributed by atoms with Crippen molar-refractivity contribution in [3.63, 3.8) is 0 Å². The number of sulfonamides is 1. The van der Waals surface area contributed by atoms with Gasteiger partial charge in [-0.25, -0.2) is 13.1 Å². The molecule has 0 aliphatic heterocycles. The molecule has 0 saturated carbocycles. The van der Waals surface area contributed by atoms with Crippen molar-refractivity contribution in [3.8, 4) is 0 Å². The highest BCUT2D eigenvalue weighted by Gasteiger charge is 2.27. The van der Waals surface area contributed by atoms with Crippen LogP contribution < -0.4 is 4.72 Å². The normalized spacial score (nSPS) is 14.9. The fraction of sp³-hybridized carbons (Fsp3) is 0.333. The first-order chi connectivity index (χ1) is 9.72. The Hall–Kier alpha value is -1.21. The molecule has 114 valence electrons. The average molecular weight is 325 g/mol. The van der Waals surface area contributed by atoms with Gasteiger partial charge in [-0.15, -0.1) is 11.3 Å². The number of hydrogen-bond donors (Lipinski definition) is 2. The van der Waals surface area contributed by atoms with Crippen LogP contribution in [0, 0.1) is 13.8 Å². The Balaban J connectivity index is 2.16. The summed E-state index contributed by atoms with van der Waals surface area (Å²) in [4.78, 5) is 0.942. The standard InChI is InChI=1S/C15H19NO3S2/c1-11-6-7-13(9-12(11)2)21(18,19)16-10-15(3,17)14-5-4-8-20-14/h4-9,16-17H,10H2,1-3H3. The Morgan fingerprint density at radius 2 is 1.95 bits per heavy atom. The van der Waals surface area contributed by atoms with Crippen LogP contribution in [0.4, 0.5) is 0 Å². The summed E-state index contributed by atoms with van der Waals surface area (Å²) in [5.74, 6) is 0. The molecule has 1 unspecified atom stereocenters. The third-order valence-electron chi connectivity index (χ3n) is 3.45. The second-order valence-electron chi connectivity index (χ2n) is 5.32. The van der Waals surface area contributed by atoms with Gasteiger partial charge in [0.25, 0.3) is 0 Å². The van der Waals surface area contributed by atoms with Gasteiger partial charge in [0.05, 0.1) is 4.90 Å². The van der Waals surface area contributed by atoms with Gasteiger partial charge in [0, 0.05) is 11.4 Å². The molecule has 4 nitrogen and oxygen atoms in total. The summed E-state index contributed by atoms with van der Waals surface area (Å²) in [5.41, 5.74) is 0.739. The van der Waals surface area contributed by atoms with E-state index in [1.807, 2.05) is 25.3 Å². The summed E-state index contributed by atoms with van der Waals surface area (Å²) < 4.78 is 27.1. The number of nitrogens with one attached hydrogen (secondary N) is 1. The molecule has 0 amide bonds. The molecule has 0 aliphatic rings. The molecule has 21 heavy (non-hydrogen) atoms. The summed E-state index contributed by atoms with van der Waals surface area (Å²) in [6.07, 6.45) is 0. The van der Waals surface area contributed by atoms with Crippen molar-refractivity contribution in [2.75, 3.05) is 6.54 Å². The van der Waals surface area contributed by atoms with Crippen LogP contribution >= 0.6 is 11.3 Å². The van der Waals surface area contributed by atoms with Crippen LogP contribution in [0.2, 0.25) is 0 Å². The van der Waals surface area contributed by atoms with Crippen LogP contribution in [0.1, 0.15) is 22.9 Å². The highest BCUT2D eigenvalue weighted by Crippen LogP contribution is 2.25. The molecule has 0 spiro atoms. The number of aliphatic hydroxyl groups is 1. The predicted molar refractivity (Wildman–Crippen MR) is 85.0 cm³/mol. The van der Waals surface area contributed by atoms with Crippen molar-refractivity contribution in [1.29, 1.82) is 0 Å². The second kappa shape index (κ2) is 5.88. The third-order valence-corrected chi connectivity index (χ3v) is 5.97. The first-order valence-corrected chi connectivity index (χ1v) is 8.92. The zero-order valence-electron chi connectivity index (χ0n) is 12.3. The minimum absolute atomic E-state index is 0.0667. The minimum atomic E-state index is -3.63. The monoisotopic (exact) mass is 325 g/mol. The molecule has 6 heteroatoms. The maximum absolute atomic E-state index is 12.3. The van der Waals surface area contributed by atoms with Crippen LogP contribution in [0.5, 0.6) is 0 Å². The number of aryl methyl sites for hydroxylation is 2. The molecule has 0 aliphatic carbocycles. The smallest absolute Gasteiger partial charge is 0.240 e. The van der Waals surface area contributed by atoms with Gasteiger partial charge in [0.1, 0.15) is 5.60 Å². The fourth-order valence-electron chi connectivity index (χ4n) is 1.87. The van der Waals surface area contributed by atoms with Gasteiger partial charge >= 0.3 is 0 Å². The molecule has 1 aromatic heterocycles. The quantitative estimate of drug-likeness (QED) is 0.888. The van der Waals surface area contributed by atoms with Crippen molar-refractivity contribution in [2.24, 2.45) is 0 Å². The van der Waals surface area contributed by atoms with E-state index in [2.05, 4.69) is 4.72 Å². The van der Waals surface area contributed by atoms with E-state index in [-0.39, 0.29) is 11.4 Å². The lowest BCUT2D eigenvalue weighted by molar-refractivity contribution is 0.0666. The van der Waals surface area contributed by atoms with Gasteiger partial charge in [0.15, 0.2) is 0 Å². The molecule has 1 heterocycles. The van der Waals surface area contributed by atoms with Crippen molar-refractivity contribution in [2.45, 2.75) is 31.3 Å². The van der Waals surface area contributed by atoms with Crippen LogP contribution in [-0.4, -0.2) is 20.1 Å². The van der Waals surface area contributed by atoms with Gasteiger partial charge in [-0.05, 0) is 55.5 Å². The Morgan fingerprint density at radius 1 is 1.24 bits per heavy atom. The number of hydrogen-bond acceptors (Lipinski definition) is 4. The minimum Gasteiger partial charge on any atom is -0.383 e. The van der Waals surface area contributed by atoms with E-state index in [9.17, 15) is 13.5 Å². The molecule has 0 radical (unpaired) electrons. The van der Waals surface area contributed by atoms with Crippen LogP contribution in [-0.2, 0) is 15.6 Å². The van der Waals surface area contributed by atoms with Crippen LogP contribution in [0.25, 0.3) is 0 Å². The summed E-state index contributed by atoms with van der Waals surface area (Å²) in [5, 5.41) is 12.2. The number of rotatable bonds is 5. The molecule has 0 saturated heterocycles. The van der Waals surface area contributed by atoms with Crippen molar-refractivity contribution >= 4 is 21.4 Å². The lowest BCUT2D eigenvalue weighted by atomic mass is 10.1. The second-order valence-corrected chi connectivity index (χ2v) is 8.04. The first kappa shape index (κ1) is 16.2. The van der Waals surface area contributed by atoms with E-state index < -0.39 is 15.6 Å². The molecule has 2 rings (SSSR count). The zero-order valence-corrected chi connectivity index (χ0v) is 13.9. The molecule has 2 N–H and O–H groups in total. The lowest BCUT2D eigenvalue weighted by Crippen LogP contribution is -2.38. The molecule has 1 atom stereocenters. The Labute approximate surface area is 129 Å². The van der Waals surface area contributed by atoms with E-state index >= 15 is 0 Å². The lowest BCUT2D eigenvalue weighted by Gasteiger charge is -2.22. The SMILES string of the molecule is Cc1ccc(S(=O)(=O)NCC(C)(O)c2cccs2)cc1C. The van der Waals surface area contributed by atoms with Crippen molar-refractivity contribution in [3.05, 3.63) is 51.7 Å². The summed E-state index contributed by atoms with van der Waals surface area (Å²) >= 11 is 1.40. The van der Waals surface area contributed by atoms with Crippen LogP contribution in [0.3, 0.4) is 0 Å². The summed E-state index contributed by atoms with van der Waals surface area (Å²) in [6.45, 7) is 5.33. The van der Waals surface area contributed by atoms with Crippen molar-refractivity contribution in [1.82, 2.24) is 4.72 Å². The van der Waals surface area contributed by atoms with Gasteiger partial charge in [-0.2, -0.15) is 0 Å². The summed E-state index contributed by atoms with van der Waals surface area (Å²) in [7, 11) is -3.63. The molecule has 1 aromatic carbocycles. The zero-order chi connectivity index (χ0) is 15.7. The molecular weight excluding hydrogens is 306 g/mol. The fourth-order valence-corrected chi connectivity index (χ4v) is 3.88. The topological polar surface area (TPSA) is 66.4 Å². The molecule has 0 fully saturated rings. The van der Waals surface area contributed by atoms with Gasteiger partial charge in [-0.3, -0.25) is 0 Å². The Bertz CT molecular complexity index is 719. The number of benzene rings is 1. The van der Waals surface area contributed by atoms with Gasteiger partial charge in [-0.1, -0.05) is 12.1 Å². The third kappa shape index (κ3) is 3.71. The maximum Gasteiger partial charge on any atom is 0.240 e. The van der Waals surface area contributed by atoms with E-state index in [4.69, 9.17) is 0 Å². The number of thiophene rings is 1. The van der Waals surface area contributed by atoms with E-state index in [0.29, 0.717) is 0 Å². The Kier molecular flexibility index (Phi) is 4.53. The van der Waals surface area contributed by atoms with E-state index in [0.717, 1.165) is 16.0 Å². The predicted octanol–water partition coefficient (Wildman–Crippen LogP) is 2.55. The highest BCUT2D eigenvalue weighted by atomic mass is 32.2. The first-order valence-electron chi connectivity index (χ1n) is 6.56. The molecular formula is C15H19NO3S2. The molecule has 2 aromatic rings. The van der Waals surface area contributed by atoms with Gasteiger partial charge < -0.3 is 5.11 Å². The largest absolute Gasteiger partial charge is 0.383 e. The van der Waals surface area contributed by atoms with Crippen LogP contribution in [0.15, 0.2) is 40.6 Å². The maximum atomic E-state index is 12.3. The van der Waals surface area contributed by atoms with Gasteiger partial charge in [0.2, 0.25) is 10.0 Å². The van der Waals surface area contributed by atoms with Crippen molar-refractivity contribution < 1.29 is 13.5 Å². The average Bonchev–Trinajstić information content (AvgIpc) is 2.94. The molecule has 0 bridgehead atoms. The Morgan fingerprint density at radius 3 is 2.52 bits per heavy atom. The van der Waals surface area contributed by atoms with E-state index in [1.165, 1.54) is 11.3 Å². The van der Waals surface area contributed by atoms with E-state index in [1.54, 1.807) is 31.2 Å². The highest BCUT2D eigenvalue weighted by molar-refractivity contribution is 7.89. The summed E-state index contributed by atoms with van der Waals surface area (Å²) in [6, 6.07) is 8.60.